The molecule has 0 aliphatic carbocycles. The first kappa shape index (κ1) is 15.8. The maximum Gasteiger partial charge on any atom is 0.303 e. The zero-order valence-corrected chi connectivity index (χ0v) is 12.7. The van der Waals surface area contributed by atoms with Crippen molar-refractivity contribution >= 4 is 29.2 Å². The van der Waals surface area contributed by atoms with Gasteiger partial charge in [0.25, 0.3) is 0 Å². The molecular weight excluding hydrogens is 315 g/mol. The molecule has 0 saturated carbocycles. The van der Waals surface area contributed by atoms with Gasteiger partial charge in [-0.3, -0.25) is 4.79 Å². The zero-order chi connectivity index (χ0) is 15.2. The quantitative estimate of drug-likeness (QED) is 0.783. The lowest BCUT2D eigenvalue weighted by Crippen LogP contribution is -1.95. The molecule has 0 unspecified atom stereocenters. The minimum absolute atomic E-state index is 0.157. The van der Waals surface area contributed by atoms with Crippen molar-refractivity contribution in [2.24, 2.45) is 0 Å². The number of hydrogen-bond donors (Lipinski definition) is 1. The molecule has 0 atom stereocenters. The third-order valence-electron chi connectivity index (χ3n) is 2.88. The summed E-state index contributed by atoms with van der Waals surface area (Å²) in [7, 11) is 0. The van der Waals surface area contributed by atoms with Crippen molar-refractivity contribution in [3.8, 4) is 0 Å². The van der Waals surface area contributed by atoms with E-state index in [1.54, 1.807) is 12.1 Å². The highest BCUT2D eigenvalue weighted by molar-refractivity contribution is 6.42. The number of benzene rings is 1. The van der Waals surface area contributed by atoms with Gasteiger partial charge in [0.15, 0.2) is 0 Å². The summed E-state index contributed by atoms with van der Waals surface area (Å²) in [6.07, 6.45) is 2.53. The number of aryl methyl sites for hydroxylation is 1. The van der Waals surface area contributed by atoms with Crippen LogP contribution < -0.4 is 0 Å². The molecule has 0 bridgehead atoms. The number of carbonyl (C=O) groups is 1. The second kappa shape index (κ2) is 7.43. The molecule has 2 aromatic rings. The van der Waals surface area contributed by atoms with Gasteiger partial charge in [-0.25, -0.2) is 0 Å². The van der Waals surface area contributed by atoms with Crippen LogP contribution in [0.4, 0.5) is 0 Å². The monoisotopic (exact) mass is 328 g/mol. The molecule has 7 heteroatoms. The number of hydrogen-bond acceptors (Lipinski definition) is 4. The lowest BCUT2D eigenvalue weighted by Gasteiger charge is -1.99. The molecule has 0 amide bonds. The standard InChI is InChI=1S/C14H14Cl2N2O3/c15-10-6-5-9(7-11(10)16)8-13-18-17-12(21-13)3-1-2-4-14(19)20/h5-7H,1-4,8H2,(H,19,20). The first-order chi connectivity index (χ1) is 10.0. The minimum Gasteiger partial charge on any atom is -0.481 e. The van der Waals surface area contributed by atoms with Crippen LogP contribution in [0.2, 0.25) is 10.0 Å². The van der Waals surface area contributed by atoms with Crippen LogP contribution in [0.5, 0.6) is 0 Å². The summed E-state index contributed by atoms with van der Waals surface area (Å²) < 4.78 is 5.52. The van der Waals surface area contributed by atoms with E-state index in [-0.39, 0.29) is 6.42 Å². The van der Waals surface area contributed by atoms with E-state index >= 15 is 0 Å². The molecule has 0 aliphatic rings. The van der Waals surface area contributed by atoms with Crippen LogP contribution in [0.15, 0.2) is 22.6 Å². The summed E-state index contributed by atoms with van der Waals surface area (Å²) in [5.41, 5.74) is 0.936. The summed E-state index contributed by atoms with van der Waals surface area (Å²) in [6, 6.07) is 5.34. The number of nitrogens with zero attached hydrogens (tertiary/aromatic N) is 2. The molecule has 5 nitrogen and oxygen atoms in total. The van der Waals surface area contributed by atoms with Crippen LogP contribution in [-0.4, -0.2) is 21.3 Å². The number of rotatable bonds is 7. The second-order valence-corrected chi connectivity index (χ2v) is 5.43. The highest BCUT2D eigenvalue weighted by Crippen LogP contribution is 2.23. The Morgan fingerprint density at radius 3 is 2.62 bits per heavy atom. The first-order valence-electron chi connectivity index (χ1n) is 6.51. The lowest BCUT2D eigenvalue weighted by atomic mass is 10.1. The molecular formula is C14H14Cl2N2O3. The second-order valence-electron chi connectivity index (χ2n) is 4.62. The molecule has 1 aromatic carbocycles. The molecule has 0 fully saturated rings. The van der Waals surface area contributed by atoms with Gasteiger partial charge in [0.1, 0.15) is 0 Å². The molecule has 1 heterocycles. The van der Waals surface area contributed by atoms with Gasteiger partial charge >= 0.3 is 5.97 Å². The van der Waals surface area contributed by atoms with Crippen LogP contribution in [0, 0.1) is 0 Å². The van der Waals surface area contributed by atoms with Crippen molar-refractivity contribution in [1.29, 1.82) is 0 Å². The van der Waals surface area contributed by atoms with E-state index in [4.69, 9.17) is 32.7 Å². The summed E-state index contributed by atoms with van der Waals surface area (Å²) in [4.78, 5) is 10.4. The summed E-state index contributed by atoms with van der Waals surface area (Å²) in [6.45, 7) is 0. The maximum absolute atomic E-state index is 10.4. The van der Waals surface area contributed by atoms with E-state index < -0.39 is 5.97 Å². The summed E-state index contributed by atoms with van der Waals surface area (Å²) in [5.74, 6) is 0.234. The Morgan fingerprint density at radius 2 is 1.90 bits per heavy atom. The fourth-order valence-electron chi connectivity index (χ4n) is 1.84. The van der Waals surface area contributed by atoms with E-state index in [1.165, 1.54) is 0 Å². The Labute approximate surface area is 131 Å². The highest BCUT2D eigenvalue weighted by Gasteiger charge is 2.08. The summed E-state index contributed by atoms with van der Waals surface area (Å²) in [5, 5.41) is 17.5. The third-order valence-corrected chi connectivity index (χ3v) is 3.62. The molecule has 0 radical (unpaired) electrons. The molecule has 1 aromatic heterocycles. The van der Waals surface area contributed by atoms with Gasteiger partial charge in [0.2, 0.25) is 11.8 Å². The SMILES string of the molecule is O=C(O)CCCCc1nnc(Cc2ccc(Cl)c(Cl)c2)o1. The van der Waals surface area contributed by atoms with E-state index in [1.807, 2.05) is 6.07 Å². The molecule has 2 rings (SSSR count). The third kappa shape index (κ3) is 5.02. The number of carboxylic acid groups (broad SMARTS) is 1. The molecule has 0 saturated heterocycles. The van der Waals surface area contributed by atoms with Gasteiger partial charge < -0.3 is 9.52 Å². The topological polar surface area (TPSA) is 76.2 Å². The first-order valence-corrected chi connectivity index (χ1v) is 7.27. The van der Waals surface area contributed by atoms with Gasteiger partial charge in [0.05, 0.1) is 16.5 Å². The maximum atomic E-state index is 10.4. The molecule has 112 valence electrons. The molecule has 21 heavy (non-hydrogen) atoms. The Hall–Kier alpha value is -1.59. The van der Waals surface area contributed by atoms with Crippen molar-refractivity contribution in [1.82, 2.24) is 10.2 Å². The van der Waals surface area contributed by atoms with Gasteiger partial charge in [-0.1, -0.05) is 29.3 Å². The predicted molar refractivity (Wildman–Crippen MR) is 78.8 cm³/mol. The predicted octanol–water partition coefficient (Wildman–Crippen LogP) is 3.76. The Balaban J connectivity index is 1.87. The van der Waals surface area contributed by atoms with Crippen LogP contribution in [0.1, 0.15) is 36.6 Å². The van der Waals surface area contributed by atoms with E-state index in [9.17, 15) is 4.79 Å². The van der Waals surface area contributed by atoms with Crippen LogP contribution in [0.25, 0.3) is 0 Å². The van der Waals surface area contributed by atoms with Crippen LogP contribution in [0.3, 0.4) is 0 Å². The van der Waals surface area contributed by atoms with Crippen LogP contribution >= 0.6 is 23.2 Å². The van der Waals surface area contributed by atoms with E-state index in [2.05, 4.69) is 10.2 Å². The van der Waals surface area contributed by atoms with E-state index in [0.717, 1.165) is 5.56 Å². The number of aromatic nitrogens is 2. The Bertz CT molecular complexity index is 628. The van der Waals surface area contributed by atoms with Crippen LogP contribution in [-0.2, 0) is 17.6 Å². The zero-order valence-electron chi connectivity index (χ0n) is 11.2. The Morgan fingerprint density at radius 1 is 1.14 bits per heavy atom. The van der Waals surface area contributed by atoms with Crippen molar-refractivity contribution in [3.63, 3.8) is 0 Å². The van der Waals surface area contributed by atoms with E-state index in [0.29, 0.717) is 47.5 Å². The fraction of sp³-hybridized carbons (Fsp3) is 0.357. The number of aliphatic carboxylic acids is 1. The normalized spacial score (nSPS) is 10.8. The minimum atomic E-state index is -0.791. The molecule has 1 N–H and O–H groups in total. The fourth-order valence-corrected chi connectivity index (χ4v) is 2.16. The van der Waals surface area contributed by atoms with Crippen molar-refractivity contribution in [2.45, 2.75) is 32.1 Å². The number of carboxylic acids is 1. The average molecular weight is 329 g/mol. The van der Waals surface area contributed by atoms with Gasteiger partial charge in [-0.15, -0.1) is 10.2 Å². The molecule has 0 aliphatic heterocycles. The number of halogens is 2. The average Bonchev–Trinajstić information content (AvgIpc) is 2.86. The van der Waals surface area contributed by atoms with Gasteiger partial charge in [-0.2, -0.15) is 0 Å². The van der Waals surface area contributed by atoms with Crippen molar-refractivity contribution < 1.29 is 14.3 Å². The summed E-state index contributed by atoms with van der Waals surface area (Å²) >= 11 is 11.8. The van der Waals surface area contributed by atoms with Gasteiger partial charge in [0, 0.05) is 12.8 Å². The van der Waals surface area contributed by atoms with Gasteiger partial charge in [-0.05, 0) is 30.5 Å². The largest absolute Gasteiger partial charge is 0.481 e. The van der Waals surface area contributed by atoms with Crippen molar-refractivity contribution in [3.05, 3.63) is 45.6 Å². The smallest absolute Gasteiger partial charge is 0.303 e. The molecule has 0 spiro atoms. The van der Waals surface area contributed by atoms with Crippen molar-refractivity contribution in [2.75, 3.05) is 0 Å². The number of unbranched alkanes of at least 4 members (excludes halogenated alkanes) is 1. The lowest BCUT2D eigenvalue weighted by molar-refractivity contribution is -0.137. The Kier molecular flexibility index (Phi) is 5.59. The highest BCUT2D eigenvalue weighted by atomic mass is 35.5.